The van der Waals surface area contributed by atoms with Gasteiger partial charge in [0.15, 0.2) is 0 Å². The molecule has 0 amide bonds. The lowest BCUT2D eigenvalue weighted by atomic mass is 10.2. The fourth-order valence-corrected chi connectivity index (χ4v) is 17.9. The second-order valence-electron chi connectivity index (χ2n) is 19.9. The maximum atomic E-state index is 6.94. The molecule has 2 rings (SSSR count). The van der Waals surface area contributed by atoms with Crippen LogP contribution in [0.3, 0.4) is 0 Å². The third-order valence-corrected chi connectivity index (χ3v) is 20.4. The summed E-state index contributed by atoms with van der Waals surface area (Å²) in [6.07, 6.45) is 0. The van der Waals surface area contributed by atoms with Crippen LogP contribution < -0.4 is 20.7 Å². The summed E-state index contributed by atoms with van der Waals surface area (Å²) < 4.78 is 74.5. The number of rotatable bonds is 16. The number of benzene rings is 2. The Morgan fingerprint density at radius 3 is 0.672 bits per heavy atom. The Bertz CT molecular complexity index is 1330. The molecule has 0 saturated heterocycles. The molecule has 0 aromatic heterocycles. The normalized spacial score (nSPS) is 14.3. The van der Waals surface area contributed by atoms with E-state index in [2.05, 4.69) is 0 Å². The molecule has 16 heteroatoms. The van der Waals surface area contributed by atoms with Crippen molar-refractivity contribution in [2.75, 3.05) is 42.7 Å². The standard InChI is InChI=1S/C30H58O6Si2.C12H22O6Si2/c1-25(2,3)31-37(32-26(4,5)6,33-27(7,8)9)23-21-19-20-22-24(23)38(34-28(10,11)12,35-29(13,14)15)36-30(16,17)18;1-13-19(14-2,15-3)11-8-7-9-12(10-11)20(16-4,17-5)18-6/h19-22H,1-18H3;7-10H,1-6H3. The third kappa shape index (κ3) is 16.6. The maximum absolute atomic E-state index is 6.94. The molecule has 0 atom stereocenters. The summed E-state index contributed by atoms with van der Waals surface area (Å²) >= 11 is 0. The first-order valence-corrected chi connectivity index (χ1v) is 26.7. The van der Waals surface area contributed by atoms with Gasteiger partial charge in [0.1, 0.15) is 0 Å². The molecule has 58 heavy (non-hydrogen) atoms. The van der Waals surface area contributed by atoms with Gasteiger partial charge >= 0.3 is 35.2 Å². The molecule has 0 aliphatic rings. The zero-order chi connectivity index (χ0) is 45.5. The molecule has 2 aromatic rings. The molecule has 336 valence electrons. The van der Waals surface area contributed by atoms with Crippen molar-refractivity contribution in [2.45, 2.75) is 158 Å². The molecule has 0 unspecified atom stereocenters. The summed E-state index contributed by atoms with van der Waals surface area (Å²) in [6, 6.07) is 15.6. The summed E-state index contributed by atoms with van der Waals surface area (Å²) in [5, 5.41) is 3.27. The predicted octanol–water partition coefficient (Wildman–Crippen LogP) is 6.73. The highest BCUT2D eigenvalue weighted by atomic mass is 28.4. The quantitative estimate of drug-likeness (QED) is 0.167. The highest BCUT2D eigenvalue weighted by molar-refractivity contribution is 6.87. The monoisotopic (exact) mass is 888 g/mol. The van der Waals surface area contributed by atoms with Gasteiger partial charge in [-0.3, -0.25) is 0 Å². The number of hydrogen-bond donors (Lipinski definition) is 0. The van der Waals surface area contributed by atoms with Crippen LogP contribution in [0.2, 0.25) is 0 Å². The van der Waals surface area contributed by atoms with E-state index in [1.165, 1.54) is 0 Å². The molecule has 0 spiro atoms. The summed E-state index contributed by atoms with van der Waals surface area (Å²) in [4.78, 5) is 0. The molecule has 2 aromatic carbocycles. The van der Waals surface area contributed by atoms with Crippen LogP contribution in [-0.2, 0) is 53.1 Å². The highest BCUT2D eigenvalue weighted by Crippen LogP contribution is 2.32. The minimum absolute atomic E-state index is 0.555. The van der Waals surface area contributed by atoms with Gasteiger partial charge in [-0.15, -0.1) is 0 Å². The number of hydrogen-bond acceptors (Lipinski definition) is 12. The first-order valence-electron chi connectivity index (χ1n) is 19.8. The van der Waals surface area contributed by atoms with Crippen LogP contribution in [0.15, 0.2) is 48.5 Å². The second kappa shape index (κ2) is 20.3. The van der Waals surface area contributed by atoms with Gasteiger partial charge in [0.05, 0.1) is 33.6 Å². The maximum Gasteiger partial charge on any atom is 0.538 e. The molecule has 0 N–H and O–H groups in total. The van der Waals surface area contributed by atoms with E-state index < -0.39 is 68.8 Å². The van der Waals surface area contributed by atoms with Crippen molar-refractivity contribution < 1.29 is 53.1 Å². The molecule has 0 radical (unpaired) electrons. The van der Waals surface area contributed by atoms with Crippen LogP contribution in [0.4, 0.5) is 0 Å². The lowest BCUT2D eigenvalue weighted by molar-refractivity contribution is -0.0703. The van der Waals surface area contributed by atoms with E-state index in [4.69, 9.17) is 53.1 Å². The minimum atomic E-state index is -3.66. The first kappa shape index (κ1) is 54.8. The van der Waals surface area contributed by atoms with Gasteiger partial charge in [0.2, 0.25) is 0 Å². The largest absolute Gasteiger partial charge is 0.538 e. The molecule has 0 heterocycles. The molecule has 12 nitrogen and oxygen atoms in total. The average molecular weight is 889 g/mol. The first-order chi connectivity index (χ1) is 26.0. The van der Waals surface area contributed by atoms with Crippen molar-refractivity contribution in [3.05, 3.63) is 48.5 Å². The Labute approximate surface area is 357 Å². The summed E-state index contributed by atoms with van der Waals surface area (Å²) in [6.45, 7) is 36.6. The average Bonchev–Trinajstić information content (AvgIpc) is 3.03. The van der Waals surface area contributed by atoms with Crippen molar-refractivity contribution >= 4 is 56.0 Å². The summed E-state index contributed by atoms with van der Waals surface area (Å²) in [5.41, 5.74) is -3.33. The van der Waals surface area contributed by atoms with Crippen molar-refractivity contribution in [2.24, 2.45) is 0 Å². The van der Waals surface area contributed by atoms with Gasteiger partial charge in [-0.25, -0.2) is 0 Å². The van der Waals surface area contributed by atoms with E-state index in [-0.39, 0.29) is 0 Å². The van der Waals surface area contributed by atoms with Crippen molar-refractivity contribution in [3.63, 3.8) is 0 Å². The Kier molecular flexibility index (Phi) is 19.2. The minimum Gasteiger partial charge on any atom is -0.373 e. The fraction of sp³-hybridized carbons (Fsp3) is 0.714. The Morgan fingerprint density at radius 1 is 0.293 bits per heavy atom. The summed E-state index contributed by atoms with van der Waals surface area (Å²) in [7, 11) is -3.69. The van der Waals surface area contributed by atoms with E-state index in [0.29, 0.717) is 0 Å². The lowest BCUT2D eigenvalue weighted by Crippen LogP contribution is -2.75. The third-order valence-electron chi connectivity index (χ3n) is 7.41. The van der Waals surface area contributed by atoms with Crippen LogP contribution >= 0.6 is 0 Å². The van der Waals surface area contributed by atoms with Gasteiger partial charge in [-0.05, 0) is 131 Å². The van der Waals surface area contributed by atoms with Crippen LogP contribution in [0.1, 0.15) is 125 Å². The predicted molar refractivity (Wildman–Crippen MR) is 242 cm³/mol. The summed E-state index contributed by atoms with van der Waals surface area (Å²) in [5.74, 6) is 0. The van der Waals surface area contributed by atoms with Gasteiger partial charge < -0.3 is 53.1 Å². The molecular formula is C42H80O12Si4. The molecule has 0 aliphatic heterocycles. The topological polar surface area (TPSA) is 111 Å². The molecular weight excluding hydrogens is 809 g/mol. The second-order valence-corrected chi connectivity index (χ2v) is 30.2. The fourth-order valence-electron chi connectivity index (χ4n) is 6.00. The SMILES string of the molecule is CC(C)(C)O[Si](OC(C)(C)C)(OC(C)(C)C)c1ccccc1[Si](OC(C)(C)C)(OC(C)(C)C)OC(C)(C)C.CO[Si](OC)(OC)c1cccc([Si](OC)(OC)OC)c1. The van der Waals surface area contributed by atoms with Crippen molar-refractivity contribution in [3.8, 4) is 0 Å². The van der Waals surface area contributed by atoms with E-state index in [1.807, 2.05) is 173 Å². The zero-order valence-corrected chi connectivity index (χ0v) is 44.5. The van der Waals surface area contributed by atoms with Crippen molar-refractivity contribution in [1.82, 2.24) is 0 Å². The van der Waals surface area contributed by atoms with Gasteiger partial charge in [-0.2, -0.15) is 0 Å². The van der Waals surface area contributed by atoms with Crippen molar-refractivity contribution in [1.29, 1.82) is 0 Å². The van der Waals surface area contributed by atoms with Gasteiger partial charge in [0, 0.05) is 63.4 Å². The molecule has 0 saturated carbocycles. The van der Waals surface area contributed by atoms with E-state index in [0.717, 1.165) is 20.7 Å². The van der Waals surface area contributed by atoms with Crippen LogP contribution in [0.5, 0.6) is 0 Å². The van der Waals surface area contributed by atoms with Gasteiger partial charge in [0.25, 0.3) is 0 Å². The lowest BCUT2D eigenvalue weighted by Gasteiger charge is -2.47. The Hall–Kier alpha value is -1.17. The smallest absolute Gasteiger partial charge is 0.373 e. The van der Waals surface area contributed by atoms with Gasteiger partial charge in [-0.1, -0.05) is 42.5 Å². The Balaban J connectivity index is 0.000000704. The van der Waals surface area contributed by atoms with Crippen LogP contribution in [-0.4, -0.2) is 111 Å². The van der Waals surface area contributed by atoms with E-state index in [9.17, 15) is 0 Å². The van der Waals surface area contributed by atoms with E-state index >= 15 is 0 Å². The molecule has 0 fully saturated rings. The zero-order valence-electron chi connectivity index (χ0n) is 40.5. The Morgan fingerprint density at radius 2 is 0.500 bits per heavy atom. The highest BCUT2D eigenvalue weighted by Gasteiger charge is 2.60. The molecule has 0 bridgehead atoms. The molecule has 0 aliphatic carbocycles. The van der Waals surface area contributed by atoms with E-state index in [1.54, 1.807) is 42.7 Å². The van der Waals surface area contributed by atoms with Crippen LogP contribution in [0, 0.1) is 0 Å². The van der Waals surface area contributed by atoms with Crippen LogP contribution in [0.25, 0.3) is 0 Å².